The molecule has 0 unspecified atom stereocenters. The van der Waals surface area contributed by atoms with Crippen LogP contribution in [0.15, 0.2) is 89.8 Å². The number of hydrogen-bond acceptors (Lipinski definition) is 4. The Morgan fingerprint density at radius 1 is 0.943 bits per heavy atom. The molecule has 5 rings (SSSR count). The van der Waals surface area contributed by atoms with Crippen LogP contribution in [0, 0.1) is 13.8 Å². The molecule has 4 aromatic carbocycles. The minimum absolute atomic E-state index is 0.117. The molecular formula is C28H26N2O4S. The Bertz CT molecular complexity index is 1510. The van der Waals surface area contributed by atoms with E-state index in [1.54, 1.807) is 36.4 Å². The monoisotopic (exact) mass is 486 g/mol. The third kappa shape index (κ3) is 4.47. The number of nitrogens with zero attached hydrogens (tertiary/aromatic N) is 1. The third-order valence-corrected chi connectivity index (χ3v) is 8.01. The van der Waals surface area contributed by atoms with Crippen molar-refractivity contribution in [2.45, 2.75) is 31.4 Å². The number of aryl methyl sites for hydroxylation is 2. The smallest absolute Gasteiger partial charge is 0.264 e. The van der Waals surface area contributed by atoms with Gasteiger partial charge in [-0.3, -0.25) is 9.10 Å². The van der Waals surface area contributed by atoms with Crippen molar-refractivity contribution >= 4 is 32.4 Å². The minimum Gasteiger partial charge on any atom is -0.476 e. The van der Waals surface area contributed by atoms with Crippen molar-refractivity contribution in [3.8, 4) is 5.75 Å². The fourth-order valence-corrected chi connectivity index (χ4v) is 5.77. The summed E-state index contributed by atoms with van der Waals surface area (Å²) in [5, 5.41) is 5.09. The maximum atomic E-state index is 13.6. The van der Waals surface area contributed by atoms with Crippen molar-refractivity contribution in [3.63, 3.8) is 0 Å². The van der Waals surface area contributed by atoms with Gasteiger partial charge in [-0.2, -0.15) is 0 Å². The number of benzene rings is 4. The molecule has 1 atom stereocenters. The van der Waals surface area contributed by atoms with E-state index in [0.717, 1.165) is 27.5 Å². The van der Waals surface area contributed by atoms with Crippen molar-refractivity contribution in [1.82, 2.24) is 5.32 Å². The number of anilines is 1. The van der Waals surface area contributed by atoms with Gasteiger partial charge in [-0.25, -0.2) is 8.42 Å². The fraction of sp³-hybridized carbons (Fsp3) is 0.179. The van der Waals surface area contributed by atoms with E-state index >= 15 is 0 Å². The Morgan fingerprint density at radius 2 is 1.66 bits per heavy atom. The lowest BCUT2D eigenvalue weighted by Gasteiger charge is -2.35. The van der Waals surface area contributed by atoms with Crippen LogP contribution in [0.1, 0.15) is 16.7 Å². The van der Waals surface area contributed by atoms with E-state index in [4.69, 9.17) is 4.74 Å². The van der Waals surface area contributed by atoms with Crippen LogP contribution in [0.5, 0.6) is 5.75 Å². The molecule has 35 heavy (non-hydrogen) atoms. The molecule has 1 heterocycles. The molecule has 0 saturated heterocycles. The van der Waals surface area contributed by atoms with E-state index in [1.165, 1.54) is 4.31 Å². The van der Waals surface area contributed by atoms with Crippen molar-refractivity contribution in [2.24, 2.45) is 0 Å². The molecule has 0 spiro atoms. The van der Waals surface area contributed by atoms with E-state index < -0.39 is 16.1 Å². The molecule has 0 bridgehead atoms. The van der Waals surface area contributed by atoms with Gasteiger partial charge in [-0.05, 0) is 60.0 Å². The first-order valence-corrected chi connectivity index (χ1v) is 12.9. The van der Waals surface area contributed by atoms with Crippen molar-refractivity contribution < 1.29 is 17.9 Å². The molecule has 0 fully saturated rings. The first-order chi connectivity index (χ1) is 16.8. The number of carbonyl (C=O) groups is 1. The van der Waals surface area contributed by atoms with Gasteiger partial charge in [0.2, 0.25) is 0 Å². The van der Waals surface area contributed by atoms with Gasteiger partial charge < -0.3 is 10.1 Å². The van der Waals surface area contributed by atoms with E-state index in [2.05, 4.69) is 5.32 Å². The fourth-order valence-electron chi connectivity index (χ4n) is 4.31. The zero-order chi connectivity index (χ0) is 24.6. The van der Waals surface area contributed by atoms with Gasteiger partial charge in [0.25, 0.3) is 15.9 Å². The highest BCUT2D eigenvalue weighted by molar-refractivity contribution is 7.92. The van der Waals surface area contributed by atoms with Crippen LogP contribution in [-0.2, 0) is 21.4 Å². The van der Waals surface area contributed by atoms with Crippen molar-refractivity contribution in [3.05, 3.63) is 102 Å². The maximum absolute atomic E-state index is 13.6. The number of amides is 1. The summed E-state index contributed by atoms with van der Waals surface area (Å²) in [6.45, 7) is 3.99. The average Bonchev–Trinajstić information content (AvgIpc) is 2.86. The number of rotatable bonds is 5. The van der Waals surface area contributed by atoms with Gasteiger partial charge in [0.05, 0.1) is 17.1 Å². The molecule has 4 aromatic rings. The normalized spacial score (nSPS) is 15.4. The summed E-state index contributed by atoms with van der Waals surface area (Å²) in [7, 11) is -3.90. The lowest BCUT2D eigenvalue weighted by atomic mass is 10.0. The molecule has 0 aromatic heterocycles. The Balaban J connectivity index is 1.43. The molecule has 7 heteroatoms. The highest BCUT2D eigenvalue weighted by atomic mass is 32.2. The largest absolute Gasteiger partial charge is 0.476 e. The molecule has 178 valence electrons. The van der Waals surface area contributed by atoms with Crippen LogP contribution in [-0.4, -0.2) is 27.0 Å². The molecule has 1 aliphatic rings. The number of sulfonamides is 1. The average molecular weight is 487 g/mol. The van der Waals surface area contributed by atoms with Gasteiger partial charge in [-0.1, -0.05) is 66.2 Å². The Hall–Kier alpha value is -3.84. The summed E-state index contributed by atoms with van der Waals surface area (Å²) in [6, 6.07) is 26.0. The molecule has 0 aliphatic carbocycles. The summed E-state index contributed by atoms with van der Waals surface area (Å²) in [4.78, 5) is 13.4. The molecule has 1 aliphatic heterocycles. The number of ether oxygens (including phenoxy) is 1. The van der Waals surface area contributed by atoms with Crippen LogP contribution >= 0.6 is 0 Å². The van der Waals surface area contributed by atoms with Crippen molar-refractivity contribution in [1.29, 1.82) is 0 Å². The summed E-state index contributed by atoms with van der Waals surface area (Å²) >= 11 is 0. The van der Waals surface area contributed by atoms with Crippen molar-refractivity contribution in [2.75, 3.05) is 10.8 Å². The van der Waals surface area contributed by atoms with E-state index in [-0.39, 0.29) is 17.3 Å². The molecule has 0 radical (unpaired) electrons. The van der Waals surface area contributed by atoms with E-state index in [9.17, 15) is 13.2 Å². The number of nitrogens with one attached hydrogen (secondary N) is 1. The van der Waals surface area contributed by atoms with Gasteiger partial charge in [0.1, 0.15) is 5.75 Å². The zero-order valence-corrected chi connectivity index (χ0v) is 20.4. The van der Waals surface area contributed by atoms with Crippen LogP contribution in [0.25, 0.3) is 10.8 Å². The maximum Gasteiger partial charge on any atom is 0.264 e. The van der Waals surface area contributed by atoms with Crippen LogP contribution < -0.4 is 14.4 Å². The number of fused-ring (bicyclic) bond motifs is 2. The van der Waals surface area contributed by atoms with E-state index in [1.807, 2.05) is 62.4 Å². The lowest BCUT2D eigenvalue weighted by molar-refractivity contribution is -0.127. The summed E-state index contributed by atoms with van der Waals surface area (Å²) in [5.41, 5.74) is 3.28. The second kappa shape index (κ2) is 9.07. The minimum atomic E-state index is -3.90. The van der Waals surface area contributed by atoms with Gasteiger partial charge in [-0.15, -0.1) is 0 Å². The lowest BCUT2D eigenvalue weighted by Crippen LogP contribution is -2.50. The van der Waals surface area contributed by atoms with Gasteiger partial charge in [0.15, 0.2) is 6.10 Å². The molecular weight excluding hydrogens is 460 g/mol. The van der Waals surface area contributed by atoms with Gasteiger partial charge in [0, 0.05) is 6.54 Å². The van der Waals surface area contributed by atoms with Gasteiger partial charge >= 0.3 is 0 Å². The first-order valence-electron chi connectivity index (χ1n) is 11.4. The topological polar surface area (TPSA) is 75.7 Å². The molecule has 6 nitrogen and oxygen atoms in total. The Morgan fingerprint density at radius 3 is 2.46 bits per heavy atom. The predicted octanol–water partition coefficient (Wildman–Crippen LogP) is 4.73. The first kappa shape index (κ1) is 22.9. The highest BCUT2D eigenvalue weighted by Crippen LogP contribution is 2.37. The van der Waals surface area contributed by atoms with E-state index in [0.29, 0.717) is 18.0 Å². The standard InChI is InChI=1S/C28H26N2O4S/c1-19-10-13-23(14-11-19)35(32,33)30-18-27(34-26-15-12-20(2)16-25(26)30)28(31)29-17-22-8-5-7-21-6-3-4-9-24(21)22/h3-16,27H,17-18H2,1-2H3,(H,29,31)/t27-/m1/s1. The Kier molecular flexibility index (Phi) is 5.94. The molecule has 1 N–H and O–H groups in total. The summed E-state index contributed by atoms with van der Waals surface area (Å²) < 4.78 is 34.5. The number of hydrogen-bond donors (Lipinski definition) is 1. The Labute approximate surface area is 205 Å². The third-order valence-electron chi connectivity index (χ3n) is 6.22. The second-order valence-corrected chi connectivity index (χ2v) is 10.6. The SMILES string of the molecule is Cc1ccc(S(=O)(=O)N2C[C@H](C(=O)NCc3cccc4ccccc34)Oc3ccc(C)cc32)cc1. The number of carbonyl (C=O) groups excluding carboxylic acids is 1. The zero-order valence-electron chi connectivity index (χ0n) is 19.6. The van der Waals surface area contributed by atoms with Crippen LogP contribution in [0.2, 0.25) is 0 Å². The van der Waals surface area contributed by atoms with Crippen LogP contribution in [0.3, 0.4) is 0 Å². The van der Waals surface area contributed by atoms with Crippen LogP contribution in [0.4, 0.5) is 5.69 Å². The highest BCUT2D eigenvalue weighted by Gasteiger charge is 2.37. The summed E-state index contributed by atoms with van der Waals surface area (Å²) in [6.07, 6.45) is -0.986. The molecule has 1 amide bonds. The molecule has 0 saturated carbocycles. The second-order valence-electron chi connectivity index (χ2n) is 8.78. The summed E-state index contributed by atoms with van der Waals surface area (Å²) in [5.74, 6) is -0.00360. The predicted molar refractivity (Wildman–Crippen MR) is 137 cm³/mol. The quantitative estimate of drug-likeness (QED) is 0.443.